The molecule has 1 heterocycles. The Bertz CT molecular complexity index is 883. The molecule has 8 heteroatoms. The van der Waals surface area contributed by atoms with Gasteiger partial charge in [-0.15, -0.1) is 10.2 Å². The number of anilines is 1. The maximum Gasteiger partial charge on any atom is 0.277 e. The molecule has 0 saturated heterocycles. The third-order valence-corrected chi connectivity index (χ3v) is 4.10. The lowest BCUT2D eigenvalue weighted by Gasteiger charge is -2.06. The van der Waals surface area contributed by atoms with Crippen molar-refractivity contribution in [2.45, 2.75) is 12.1 Å². The summed E-state index contributed by atoms with van der Waals surface area (Å²) < 4.78 is 24.0. The van der Waals surface area contributed by atoms with Gasteiger partial charge in [0.05, 0.1) is 17.9 Å². The van der Waals surface area contributed by atoms with Gasteiger partial charge in [-0.25, -0.2) is 4.39 Å². The van der Waals surface area contributed by atoms with Crippen LogP contribution in [0.1, 0.15) is 6.92 Å². The fourth-order valence-electron chi connectivity index (χ4n) is 2.16. The number of thioether (sulfide) groups is 1. The van der Waals surface area contributed by atoms with Gasteiger partial charge in [0.15, 0.2) is 0 Å². The molecule has 0 aliphatic heterocycles. The first-order chi connectivity index (χ1) is 12.7. The summed E-state index contributed by atoms with van der Waals surface area (Å²) in [6, 6.07) is 12.9. The predicted octanol–water partition coefficient (Wildman–Crippen LogP) is 4.01. The van der Waals surface area contributed by atoms with Gasteiger partial charge in [-0.2, -0.15) is 0 Å². The van der Waals surface area contributed by atoms with Crippen LogP contribution >= 0.6 is 11.8 Å². The van der Waals surface area contributed by atoms with Crippen molar-refractivity contribution in [3.63, 3.8) is 0 Å². The number of rotatable bonds is 7. The minimum Gasteiger partial charge on any atom is -0.493 e. The molecule has 2 aromatic carbocycles. The van der Waals surface area contributed by atoms with Crippen LogP contribution in [0.25, 0.3) is 11.5 Å². The number of aromatic nitrogens is 2. The van der Waals surface area contributed by atoms with Gasteiger partial charge in [-0.1, -0.05) is 23.9 Å². The molecule has 3 aromatic rings. The molecule has 1 amide bonds. The summed E-state index contributed by atoms with van der Waals surface area (Å²) in [5, 5.41) is 10.9. The van der Waals surface area contributed by atoms with E-state index in [1.54, 1.807) is 0 Å². The molecule has 0 atom stereocenters. The molecular weight excluding hydrogens is 357 g/mol. The zero-order valence-corrected chi connectivity index (χ0v) is 14.8. The van der Waals surface area contributed by atoms with E-state index in [1.165, 1.54) is 24.3 Å². The topological polar surface area (TPSA) is 77.2 Å². The third kappa shape index (κ3) is 4.60. The Morgan fingerprint density at radius 3 is 2.73 bits per heavy atom. The molecule has 1 N–H and O–H groups in total. The van der Waals surface area contributed by atoms with Crippen LogP contribution in [0.4, 0.5) is 10.1 Å². The SMILES string of the molecule is CCOc1ccccc1-c1nnc(SCC(=O)Nc2ccc(F)cc2)o1. The average molecular weight is 373 g/mol. The zero-order chi connectivity index (χ0) is 18.4. The minimum absolute atomic E-state index is 0.0894. The normalized spacial score (nSPS) is 10.5. The Morgan fingerprint density at radius 2 is 1.96 bits per heavy atom. The van der Waals surface area contributed by atoms with Gasteiger partial charge in [0.1, 0.15) is 11.6 Å². The van der Waals surface area contributed by atoms with E-state index in [0.29, 0.717) is 29.5 Å². The van der Waals surface area contributed by atoms with Crippen LogP contribution in [0, 0.1) is 5.82 Å². The molecule has 134 valence electrons. The van der Waals surface area contributed by atoms with E-state index in [2.05, 4.69) is 15.5 Å². The van der Waals surface area contributed by atoms with E-state index in [9.17, 15) is 9.18 Å². The van der Waals surface area contributed by atoms with Crippen LogP contribution < -0.4 is 10.1 Å². The van der Waals surface area contributed by atoms with Gasteiger partial charge in [0, 0.05) is 5.69 Å². The summed E-state index contributed by atoms with van der Waals surface area (Å²) in [6.07, 6.45) is 0. The number of amides is 1. The highest BCUT2D eigenvalue weighted by Gasteiger charge is 2.14. The zero-order valence-electron chi connectivity index (χ0n) is 13.9. The molecule has 0 unspecified atom stereocenters. The van der Waals surface area contributed by atoms with Crippen LogP contribution in [0.5, 0.6) is 5.75 Å². The standard InChI is InChI=1S/C18H16FN3O3S/c1-2-24-15-6-4-3-5-14(15)17-21-22-18(25-17)26-11-16(23)20-13-9-7-12(19)8-10-13/h3-10H,2,11H2,1H3,(H,20,23). The Hall–Kier alpha value is -2.87. The first-order valence-corrected chi connectivity index (χ1v) is 8.88. The molecule has 3 rings (SSSR count). The number of hydrogen-bond donors (Lipinski definition) is 1. The fraction of sp³-hybridized carbons (Fsp3) is 0.167. The Morgan fingerprint density at radius 1 is 1.19 bits per heavy atom. The monoisotopic (exact) mass is 373 g/mol. The number of hydrogen-bond acceptors (Lipinski definition) is 6. The molecule has 0 fully saturated rings. The number of nitrogens with one attached hydrogen (secondary N) is 1. The number of para-hydroxylation sites is 1. The molecule has 0 saturated carbocycles. The highest BCUT2D eigenvalue weighted by Crippen LogP contribution is 2.30. The summed E-state index contributed by atoms with van der Waals surface area (Å²) in [6.45, 7) is 2.42. The molecule has 0 bridgehead atoms. The molecular formula is C18H16FN3O3S. The van der Waals surface area contributed by atoms with Crippen molar-refractivity contribution < 1.29 is 18.3 Å². The summed E-state index contributed by atoms with van der Waals surface area (Å²) in [7, 11) is 0. The van der Waals surface area contributed by atoms with Crippen molar-refractivity contribution in [3.05, 3.63) is 54.3 Å². The number of carbonyl (C=O) groups is 1. The second-order valence-electron chi connectivity index (χ2n) is 5.15. The Balaban J connectivity index is 1.60. The number of ether oxygens (including phenoxy) is 1. The number of carbonyl (C=O) groups excluding carboxylic acids is 1. The minimum atomic E-state index is -0.358. The lowest BCUT2D eigenvalue weighted by Crippen LogP contribution is -2.13. The van der Waals surface area contributed by atoms with Crippen LogP contribution in [0.15, 0.2) is 58.2 Å². The van der Waals surface area contributed by atoms with Gasteiger partial charge in [0.25, 0.3) is 11.1 Å². The molecule has 0 radical (unpaired) electrons. The third-order valence-electron chi connectivity index (χ3n) is 3.28. The van der Waals surface area contributed by atoms with Gasteiger partial charge in [-0.3, -0.25) is 4.79 Å². The van der Waals surface area contributed by atoms with E-state index in [0.717, 1.165) is 11.8 Å². The average Bonchev–Trinajstić information content (AvgIpc) is 3.12. The van der Waals surface area contributed by atoms with Crippen molar-refractivity contribution in [1.82, 2.24) is 10.2 Å². The van der Waals surface area contributed by atoms with Crippen LogP contribution in [-0.2, 0) is 4.79 Å². The fourth-order valence-corrected chi connectivity index (χ4v) is 2.72. The van der Waals surface area contributed by atoms with Crippen molar-refractivity contribution in [1.29, 1.82) is 0 Å². The van der Waals surface area contributed by atoms with Crippen LogP contribution in [0.3, 0.4) is 0 Å². The molecule has 26 heavy (non-hydrogen) atoms. The largest absolute Gasteiger partial charge is 0.493 e. The summed E-state index contributed by atoms with van der Waals surface area (Å²) in [5.41, 5.74) is 1.22. The second kappa shape index (κ2) is 8.48. The van der Waals surface area contributed by atoms with E-state index in [4.69, 9.17) is 9.15 Å². The van der Waals surface area contributed by atoms with E-state index in [-0.39, 0.29) is 22.7 Å². The predicted molar refractivity (Wildman–Crippen MR) is 96.7 cm³/mol. The van der Waals surface area contributed by atoms with Crippen LogP contribution in [0.2, 0.25) is 0 Å². The molecule has 0 spiro atoms. The first-order valence-electron chi connectivity index (χ1n) is 7.89. The lowest BCUT2D eigenvalue weighted by atomic mass is 10.2. The van der Waals surface area contributed by atoms with Crippen molar-refractivity contribution in [2.24, 2.45) is 0 Å². The van der Waals surface area contributed by atoms with Gasteiger partial charge >= 0.3 is 0 Å². The number of benzene rings is 2. The number of halogens is 1. The molecule has 6 nitrogen and oxygen atoms in total. The maximum absolute atomic E-state index is 12.9. The van der Waals surface area contributed by atoms with E-state index in [1.807, 2.05) is 31.2 Å². The van der Waals surface area contributed by atoms with Crippen molar-refractivity contribution >= 4 is 23.4 Å². The Kier molecular flexibility index (Phi) is 5.85. The highest BCUT2D eigenvalue weighted by molar-refractivity contribution is 7.99. The molecule has 1 aromatic heterocycles. The summed E-state index contributed by atoms with van der Waals surface area (Å²) in [5.74, 6) is 0.463. The number of nitrogens with zero attached hydrogens (tertiary/aromatic N) is 2. The van der Waals surface area contributed by atoms with Gasteiger partial charge in [0.2, 0.25) is 5.91 Å². The smallest absolute Gasteiger partial charge is 0.277 e. The van der Waals surface area contributed by atoms with Crippen LogP contribution in [-0.4, -0.2) is 28.5 Å². The Labute approximate surface area is 153 Å². The summed E-state index contributed by atoms with van der Waals surface area (Å²) >= 11 is 1.12. The molecule has 0 aliphatic carbocycles. The quantitative estimate of drug-likeness (QED) is 0.631. The van der Waals surface area contributed by atoms with Crippen molar-refractivity contribution in [3.8, 4) is 17.2 Å². The lowest BCUT2D eigenvalue weighted by molar-refractivity contribution is -0.113. The maximum atomic E-state index is 12.9. The molecule has 0 aliphatic rings. The van der Waals surface area contributed by atoms with E-state index >= 15 is 0 Å². The van der Waals surface area contributed by atoms with Gasteiger partial charge < -0.3 is 14.5 Å². The van der Waals surface area contributed by atoms with E-state index < -0.39 is 0 Å². The van der Waals surface area contributed by atoms with Gasteiger partial charge in [-0.05, 0) is 43.3 Å². The summed E-state index contributed by atoms with van der Waals surface area (Å²) in [4.78, 5) is 12.0. The highest BCUT2D eigenvalue weighted by atomic mass is 32.2. The van der Waals surface area contributed by atoms with Crippen molar-refractivity contribution in [2.75, 3.05) is 17.7 Å². The second-order valence-corrected chi connectivity index (χ2v) is 6.07. The first kappa shape index (κ1) is 17.9.